The van der Waals surface area contributed by atoms with Crippen LogP contribution in [0.25, 0.3) is 11.4 Å². The minimum Gasteiger partial charge on any atom is -0.322 e. The fraction of sp³-hybridized carbons (Fsp3) is 0.0667. The summed E-state index contributed by atoms with van der Waals surface area (Å²) in [5.74, 6) is -1.83. The molecule has 1 N–H and O–H groups in total. The van der Waals surface area contributed by atoms with E-state index >= 15 is 0 Å². The van der Waals surface area contributed by atoms with E-state index in [2.05, 4.69) is 20.7 Å². The first-order chi connectivity index (χ1) is 11.5. The molecule has 0 fully saturated rings. The lowest BCUT2D eigenvalue weighted by Gasteiger charge is -2.05. The number of nitrogens with zero attached hydrogens (tertiary/aromatic N) is 4. The van der Waals surface area contributed by atoms with Gasteiger partial charge in [0.15, 0.2) is 0 Å². The minimum absolute atomic E-state index is 0.126. The molecular formula is C15H10ClF2N5O. The Kier molecular flexibility index (Phi) is 4.48. The molecule has 0 atom stereocenters. The molecule has 1 aromatic heterocycles. The monoisotopic (exact) mass is 349 g/mol. The Hall–Kier alpha value is -2.87. The quantitative estimate of drug-likeness (QED) is 0.786. The van der Waals surface area contributed by atoms with Gasteiger partial charge in [0.2, 0.25) is 11.7 Å². The molecule has 0 aliphatic carbocycles. The first kappa shape index (κ1) is 16.0. The Balaban J connectivity index is 1.68. The number of carbonyl (C=O) groups excluding carboxylic acids is 1. The van der Waals surface area contributed by atoms with Crippen LogP contribution in [-0.2, 0) is 11.3 Å². The Morgan fingerprint density at radius 1 is 1.17 bits per heavy atom. The van der Waals surface area contributed by atoms with Crippen molar-refractivity contribution >= 4 is 23.2 Å². The topological polar surface area (TPSA) is 72.7 Å². The van der Waals surface area contributed by atoms with Crippen molar-refractivity contribution in [2.24, 2.45) is 0 Å². The lowest BCUT2D eigenvalue weighted by Crippen LogP contribution is -2.21. The number of aromatic nitrogens is 4. The van der Waals surface area contributed by atoms with E-state index < -0.39 is 17.5 Å². The molecule has 122 valence electrons. The number of benzene rings is 2. The van der Waals surface area contributed by atoms with Crippen LogP contribution in [0.5, 0.6) is 0 Å². The van der Waals surface area contributed by atoms with E-state index in [4.69, 9.17) is 11.6 Å². The molecule has 3 rings (SSSR count). The highest BCUT2D eigenvalue weighted by molar-refractivity contribution is 6.30. The van der Waals surface area contributed by atoms with Gasteiger partial charge in [-0.3, -0.25) is 4.79 Å². The van der Waals surface area contributed by atoms with Gasteiger partial charge in [-0.2, -0.15) is 4.80 Å². The normalized spacial score (nSPS) is 10.6. The Morgan fingerprint density at radius 3 is 2.62 bits per heavy atom. The van der Waals surface area contributed by atoms with Crippen LogP contribution in [0.2, 0.25) is 5.02 Å². The lowest BCUT2D eigenvalue weighted by atomic mass is 10.2. The van der Waals surface area contributed by atoms with Gasteiger partial charge in [0, 0.05) is 16.7 Å². The van der Waals surface area contributed by atoms with Crippen molar-refractivity contribution in [3.05, 3.63) is 59.1 Å². The predicted octanol–water partition coefficient (Wildman–Crippen LogP) is 2.91. The van der Waals surface area contributed by atoms with E-state index in [0.29, 0.717) is 22.5 Å². The Labute approximate surface area is 140 Å². The highest BCUT2D eigenvalue weighted by Crippen LogP contribution is 2.17. The van der Waals surface area contributed by atoms with E-state index in [1.54, 1.807) is 24.3 Å². The second-order valence-electron chi connectivity index (χ2n) is 4.82. The summed E-state index contributed by atoms with van der Waals surface area (Å²) in [6, 6.07) is 9.67. The highest BCUT2D eigenvalue weighted by atomic mass is 35.5. The molecule has 0 saturated carbocycles. The molecule has 0 unspecified atom stereocenters. The van der Waals surface area contributed by atoms with Crippen molar-refractivity contribution in [3.63, 3.8) is 0 Å². The van der Waals surface area contributed by atoms with E-state index in [-0.39, 0.29) is 12.2 Å². The maximum atomic E-state index is 13.5. The van der Waals surface area contributed by atoms with Crippen molar-refractivity contribution in [1.29, 1.82) is 0 Å². The van der Waals surface area contributed by atoms with Crippen molar-refractivity contribution in [1.82, 2.24) is 20.2 Å². The zero-order chi connectivity index (χ0) is 17.1. The van der Waals surface area contributed by atoms with Crippen LogP contribution in [0, 0.1) is 11.6 Å². The van der Waals surface area contributed by atoms with Crippen molar-refractivity contribution in [2.45, 2.75) is 6.54 Å². The molecule has 6 nitrogen and oxygen atoms in total. The molecule has 0 aliphatic rings. The van der Waals surface area contributed by atoms with Crippen LogP contribution in [0.3, 0.4) is 0 Å². The summed E-state index contributed by atoms with van der Waals surface area (Å²) in [5.41, 5.74) is 0.565. The van der Waals surface area contributed by atoms with Crippen LogP contribution in [-0.4, -0.2) is 26.1 Å². The Bertz CT molecular complexity index is 882. The summed E-state index contributed by atoms with van der Waals surface area (Å²) in [5, 5.41) is 14.6. The molecule has 0 aliphatic heterocycles. The summed E-state index contributed by atoms with van der Waals surface area (Å²) >= 11 is 5.80. The molecule has 0 radical (unpaired) electrons. The largest absolute Gasteiger partial charge is 0.322 e. The molecule has 1 heterocycles. The smallest absolute Gasteiger partial charge is 0.248 e. The number of nitrogens with one attached hydrogen (secondary N) is 1. The number of anilines is 1. The van der Waals surface area contributed by atoms with E-state index in [0.717, 1.165) is 16.9 Å². The average Bonchev–Trinajstić information content (AvgIpc) is 2.99. The SMILES string of the molecule is O=C(Cn1nnc(-c2ccc(Cl)cc2)n1)Nc1ccc(F)cc1F. The van der Waals surface area contributed by atoms with Crippen molar-refractivity contribution in [2.75, 3.05) is 5.32 Å². The standard InChI is InChI=1S/C15H10ClF2N5O/c16-10-3-1-9(2-4-10)15-20-22-23(21-15)8-14(24)19-13-6-5-11(17)7-12(13)18/h1-7H,8H2,(H,19,24). The second kappa shape index (κ2) is 6.71. The summed E-state index contributed by atoms with van der Waals surface area (Å²) in [6.45, 7) is -0.266. The summed E-state index contributed by atoms with van der Waals surface area (Å²) in [4.78, 5) is 13.0. The number of rotatable bonds is 4. The fourth-order valence-corrected chi connectivity index (χ4v) is 2.06. The molecule has 2 aromatic carbocycles. The third kappa shape index (κ3) is 3.72. The molecule has 1 amide bonds. The lowest BCUT2D eigenvalue weighted by molar-refractivity contribution is -0.117. The summed E-state index contributed by atoms with van der Waals surface area (Å²) in [6.07, 6.45) is 0. The van der Waals surface area contributed by atoms with Gasteiger partial charge >= 0.3 is 0 Å². The van der Waals surface area contributed by atoms with Crippen LogP contribution in [0.15, 0.2) is 42.5 Å². The first-order valence-corrected chi connectivity index (χ1v) is 7.18. The number of carbonyl (C=O) groups is 1. The maximum absolute atomic E-state index is 13.5. The zero-order valence-electron chi connectivity index (χ0n) is 12.1. The zero-order valence-corrected chi connectivity index (χ0v) is 12.8. The number of halogens is 3. The van der Waals surface area contributed by atoms with Crippen LogP contribution >= 0.6 is 11.6 Å². The minimum atomic E-state index is -0.864. The highest BCUT2D eigenvalue weighted by Gasteiger charge is 2.12. The number of hydrogen-bond donors (Lipinski definition) is 1. The number of amides is 1. The van der Waals surface area contributed by atoms with Gasteiger partial charge in [0.1, 0.15) is 18.2 Å². The summed E-state index contributed by atoms with van der Waals surface area (Å²) < 4.78 is 26.3. The van der Waals surface area contributed by atoms with Crippen LogP contribution in [0.4, 0.5) is 14.5 Å². The van der Waals surface area contributed by atoms with E-state index in [1.807, 2.05) is 0 Å². The maximum Gasteiger partial charge on any atom is 0.248 e. The van der Waals surface area contributed by atoms with Gasteiger partial charge in [-0.1, -0.05) is 11.6 Å². The number of tetrazole rings is 1. The number of hydrogen-bond acceptors (Lipinski definition) is 4. The van der Waals surface area contributed by atoms with Gasteiger partial charge in [-0.25, -0.2) is 8.78 Å². The molecule has 3 aromatic rings. The molecule has 0 bridgehead atoms. The van der Waals surface area contributed by atoms with Gasteiger partial charge < -0.3 is 5.32 Å². The molecular weight excluding hydrogens is 340 g/mol. The third-order valence-corrected chi connectivity index (χ3v) is 3.30. The van der Waals surface area contributed by atoms with Crippen LogP contribution in [0.1, 0.15) is 0 Å². The Morgan fingerprint density at radius 2 is 1.92 bits per heavy atom. The molecule has 0 spiro atoms. The first-order valence-electron chi connectivity index (χ1n) is 6.80. The van der Waals surface area contributed by atoms with Gasteiger partial charge in [-0.15, -0.1) is 10.2 Å². The van der Waals surface area contributed by atoms with Gasteiger partial charge in [0.05, 0.1) is 5.69 Å². The fourth-order valence-electron chi connectivity index (χ4n) is 1.93. The predicted molar refractivity (Wildman–Crippen MR) is 83.3 cm³/mol. The average molecular weight is 350 g/mol. The van der Waals surface area contributed by atoms with Crippen LogP contribution < -0.4 is 5.32 Å². The van der Waals surface area contributed by atoms with Gasteiger partial charge in [-0.05, 0) is 41.6 Å². The summed E-state index contributed by atoms with van der Waals surface area (Å²) in [7, 11) is 0. The van der Waals surface area contributed by atoms with Crippen molar-refractivity contribution in [3.8, 4) is 11.4 Å². The van der Waals surface area contributed by atoms with Gasteiger partial charge in [0.25, 0.3) is 0 Å². The second-order valence-corrected chi connectivity index (χ2v) is 5.26. The van der Waals surface area contributed by atoms with E-state index in [1.165, 1.54) is 0 Å². The van der Waals surface area contributed by atoms with E-state index in [9.17, 15) is 13.6 Å². The third-order valence-electron chi connectivity index (χ3n) is 3.05. The molecule has 9 heteroatoms. The molecule has 24 heavy (non-hydrogen) atoms. The van der Waals surface area contributed by atoms with Crippen molar-refractivity contribution < 1.29 is 13.6 Å². The molecule has 0 saturated heterocycles.